The molecule has 1 N–H and O–H groups in total. The number of hydrogen-bond donors (Lipinski definition) is 1. The van der Waals surface area contributed by atoms with Gasteiger partial charge in [-0.3, -0.25) is 4.79 Å². The topological polar surface area (TPSA) is 55.4 Å². The van der Waals surface area contributed by atoms with Gasteiger partial charge in [0, 0.05) is 35.7 Å². The third-order valence-corrected chi connectivity index (χ3v) is 6.04. The van der Waals surface area contributed by atoms with Crippen molar-refractivity contribution < 1.29 is 27.5 Å². The average Bonchev–Trinajstić information content (AvgIpc) is 2.78. The van der Waals surface area contributed by atoms with Crippen molar-refractivity contribution in [1.82, 2.24) is 5.32 Å². The van der Waals surface area contributed by atoms with E-state index in [0.717, 1.165) is 11.6 Å². The van der Waals surface area contributed by atoms with E-state index in [0.29, 0.717) is 30.7 Å². The smallest absolute Gasteiger partial charge is 0.416 e. The fourth-order valence-corrected chi connectivity index (χ4v) is 4.56. The lowest BCUT2D eigenvalue weighted by molar-refractivity contribution is -0.141. The molecule has 7 heteroatoms. The van der Waals surface area contributed by atoms with E-state index < -0.39 is 23.6 Å². The van der Waals surface area contributed by atoms with E-state index in [1.807, 2.05) is 30.3 Å². The zero-order valence-corrected chi connectivity index (χ0v) is 18.2. The highest BCUT2D eigenvalue weighted by Gasteiger charge is 2.43. The Hall–Kier alpha value is -3.35. The quantitative estimate of drug-likeness (QED) is 0.609. The van der Waals surface area contributed by atoms with E-state index >= 15 is 0 Å². The molecule has 1 aliphatic carbocycles. The summed E-state index contributed by atoms with van der Waals surface area (Å²) in [5.41, 5.74) is 1.30. The minimum atomic E-state index is -4.63. The lowest BCUT2D eigenvalue weighted by Gasteiger charge is -2.35. The van der Waals surface area contributed by atoms with Crippen molar-refractivity contribution in [1.29, 1.82) is 0 Å². The number of nitrogens with one attached hydrogen (secondary N) is 1. The van der Waals surface area contributed by atoms with E-state index in [9.17, 15) is 22.8 Å². The molecule has 172 valence electrons. The van der Waals surface area contributed by atoms with Crippen LogP contribution < -0.4 is 5.32 Å². The minimum Gasteiger partial charge on any atom is -0.462 e. The molecule has 0 saturated carbocycles. The lowest BCUT2D eigenvalue weighted by Crippen LogP contribution is -2.35. The number of ketones is 1. The predicted molar refractivity (Wildman–Crippen MR) is 117 cm³/mol. The van der Waals surface area contributed by atoms with Crippen LogP contribution in [0.1, 0.15) is 48.8 Å². The molecule has 2 aliphatic rings. The molecular weight excluding hydrogens is 431 g/mol. The van der Waals surface area contributed by atoms with Gasteiger partial charge < -0.3 is 10.1 Å². The molecule has 1 heterocycles. The van der Waals surface area contributed by atoms with Crippen molar-refractivity contribution in [2.75, 3.05) is 6.61 Å². The summed E-state index contributed by atoms with van der Waals surface area (Å²) in [4.78, 5) is 26.1. The van der Waals surface area contributed by atoms with Crippen molar-refractivity contribution in [3.05, 3.63) is 93.8 Å². The molecule has 1 atom stereocenters. The molecule has 4 nitrogen and oxygen atoms in total. The Morgan fingerprint density at radius 3 is 2.48 bits per heavy atom. The second kappa shape index (κ2) is 9.25. The SMILES string of the molecule is CC1=C(C(=O)OCCc2ccccc2)[C@H](c2ccccc2C(F)(F)F)C2=C(CCCC2=O)N1. The highest BCUT2D eigenvalue weighted by atomic mass is 19.4. The molecule has 0 spiro atoms. The highest BCUT2D eigenvalue weighted by Crippen LogP contribution is 2.46. The molecule has 4 rings (SSSR count). The Kier molecular flexibility index (Phi) is 6.40. The second-order valence-corrected chi connectivity index (χ2v) is 8.22. The Morgan fingerprint density at radius 2 is 1.76 bits per heavy atom. The molecule has 0 fully saturated rings. The first-order valence-corrected chi connectivity index (χ1v) is 10.9. The Labute approximate surface area is 190 Å². The fourth-order valence-electron chi connectivity index (χ4n) is 4.56. The van der Waals surface area contributed by atoms with Gasteiger partial charge in [0.1, 0.15) is 0 Å². The van der Waals surface area contributed by atoms with Crippen LogP contribution in [0.25, 0.3) is 0 Å². The van der Waals surface area contributed by atoms with Crippen molar-refractivity contribution in [2.24, 2.45) is 0 Å². The third-order valence-electron chi connectivity index (χ3n) is 6.04. The lowest BCUT2D eigenvalue weighted by atomic mass is 9.74. The third kappa shape index (κ3) is 4.72. The fraction of sp³-hybridized carbons (Fsp3) is 0.308. The maximum Gasteiger partial charge on any atom is 0.416 e. The number of rotatable bonds is 5. The van der Waals surface area contributed by atoms with Gasteiger partial charge >= 0.3 is 12.1 Å². The number of esters is 1. The number of hydrogen-bond acceptors (Lipinski definition) is 4. The van der Waals surface area contributed by atoms with Crippen LogP contribution >= 0.6 is 0 Å². The van der Waals surface area contributed by atoms with Gasteiger partial charge in [0.15, 0.2) is 5.78 Å². The Balaban J connectivity index is 1.72. The van der Waals surface area contributed by atoms with Crippen LogP contribution in [0.15, 0.2) is 77.1 Å². The molecule has 0 bridgehead atoms. The Bertz CT molecular complexity index is 1130. The minimum absolute atomic E-state index is 0.0498. The van der Waals surface area contributed by atoms with E-state index in [1.54, 1.807) is 6.92 Å². The largest absolute Gasteiger partial charge is 0.462 e. The molecule has 2 aromatic carbocycles. The van der Waals surface area contributed by atoms with E-state index in [-0.39, 0.29) is 35.5 Å². The van der Waals surface area contributed by atoms with Gasteiger partial charge in [-0.05, 0) is 37.0 Å². The van der Waals surface area contributed by atoms with Gasteiger partial charge in [-0.2, -0.15) is 13.2 Å². The van der Waals surface area contributed by atoms with Crippen LogP contribution in [0.5, 0.6) is 0 Å². The summed E-state index contributed by atoms with van der Waals surface area (Å²) in [7, 11) is 0. The Morgan fingerprint density at radius 1 is 1.06 bits per heavy atom. The van der Waals surface area contributed by atoms with Gasteiger partial charge in [0.05, 0.1) is 17.7 Å². The summed E-state index contributed by atoms with van der Waals surface area (Å²) in [6.45, 7) is 1.72. The second-order valence-electron chi connectivity index (χ2n) is 8.22. The standard InChI is InChI=1S/C26H24F3NO3/c1-16-22(25(32)33-15-14-17-8-3-2-4-9-17)23(24-20(30-16)12-7-13-21(24)31)18-10-5-6-11-19(18)26(27,28)29/h2-6,8-11,23,30H,7,12-15H2,1H3/t23-/m0/s1. The van der Waals surface area contributed by atoms with E-state index in [1.165, 1.54) is 18.2 Å². The number of benzene rings is 2. The molecule has 1 aliphatic heterocycles. The van der Waals surface area contributed by atoms with Crippen LogP contribution in [0.2, 0.25) is 0 Å². The van der Waals surface area contributed by atoms with Gasteiger partial charge in [0.2, 0.25) is 0 Å². The molecule has 0 amide bonds. The van der Waals surface area contributed by atoms with Gasteiger partial charge in [-0.25, -0.2) is 4.79 Å². The molecular formula is C26H24F3NO3. The maximum absolute atomic E-state index is 13.9. The molecule has 0 saturated heterocycles. The van der Waals surface area contributed by atoms with Crippen LogP contribution in [0.4, 0.5) is 13.2 Å². The molecule has 0 aromatic heterocycles. The van der Waals surface area contributed by atoms with E-state index in [4.69, 9.17) is 4.74 Å². The van der Waals surface area contributed by atoms with Crippen LogP contribution in [0, 0.1) is 0 Å². The summed E-state index contributed by atoms with van der Waals surface area (Å²) in [5, 5.41) is 3.10. The summed E-state index contributed by atoms with van der Waals surface area (Å²) in [6.07, 6.45) is -2.76. The first-order chi connectivity index (χ1) is 15.8. The normalized spacial score (nSPS) is 18.7. The molecule has 2 aromatic rings. The number of carbonyl (C=O) groups excluding carboxylic acids is 2. The van der Waals surface area contributed by atoms with Gasteiger partial charge in [-0.15, -0.1) is 0 Å². The average molecular weight is 455 g/mol. The molecule has 0 unspecified atom stereocenters. The van der Waals surface area contributed by atoms with Crippen LogP contribution in [-0.2, 0) is 26.9 Å². The van der Waals surface area contributed by atoms with Gasteiger partial charge in [-0.1, -0.05) is 48.5 Å². The zero-order valence-electron chi connectivity index (χ0n) is 18.2. The van der Waals surface area contributed by atoms with Crippen LogP contribution in [0.3, 0.4) is 0 Å². The summed E-state index contributed by atoms with van der Waals surface area (Å²) in [6, 6.07) is 14.6. The number of halogens is 3. The number of dihydropyridines is 1. The van der Waals surface area contributed by atoms with Crippen molar-refractivity contribution in [2.45, 2.75) is 44.7 Å². The first-order valence-electron chi connectivity index (χ1n) is 10.9. The van der Waals surface area contributed by atoms with Crippen molar-refractivity contribution in [3.8, 4) is 0 Å². The van der Waals surface area contributed by atoms with Crippen molar-refractivity contribution in [3.63, 3.8) is 0 Å². The molecule has 0 radical (unpaired) electrons. The van der Waals surface area contributed by atoms with E-state index in [2.05, 4.69) is 5.32 Å². The number of allylic oxidation sites excluding steroid dienone is 3. The van der Waals surface area contributed by atoms with Crippen molar-refractivity contribution >= 4 is 11.8 Å². The predicted octanol–water partition coefficient (Wildman–Crippen LogP) is 5.46. The summed E-state index contributed by atoms with van der Waals surface area (Å²) < 4.78 is 47.2. The number of Topliss-reactive ketones (excluding diaryl/α,β-unsaturated/α-hetero) is 1. The maximum atomic E-state index is 13.9. The zero-order chi connectivity index (χ0) is 23.6. The monoisotopic (exact) mass is 455 g/mol. The number of carbonyl (C=O) groups is 2. The molecule has 33 heavy (non-hydrogen) atoms. The highest BCUT2D eigenvalue weighted by molar-refractivity contribution is 6.03. The van der Waals surface area contributed by atoms with Crippen LogP contribution in [-0.4, -0.2) is 18.4 Å². The summed E-state index contributed by atoms with van der Waals surface area (Å²) in [5.74, 6) is -2.09. The van der Waals surface area contributed by atoms with Gasteiger partial charge in [0.25, 0.3) is 0 Å². The first kappa shape index (κ1) is 22.8. The number of alkyl halides is 3. The summed E-state index contributed by atoms with van der Waals surface area (Å²) >= 11 is 0. The number of ether oxygens (including phenoxy) is 1.